The summed E-state index contributed by atoms with van der Waals surface area (Å²) in [6.07, 6.45) is 1.37. The Morgan fingerprint density at radius 1 is 1.03 bits per heavy atom. The summed E-state index contributed by atoms with van der Waals surface area (Å²) in [5.74, 6) is -0.633. The van der Waals surface area contributed by atoms with E-state index in [4.69, 9.17) is 32.7 Å². The lowest BCUT2D eigenvalue weighted by atomic mass is 10.1. The first kappa shape index (κ1) is 21.4. The van der Waals surface area contributed by atoms with Gasteiger partial charge in [-0.2, -0.15) is 0 Å². The first-order chi connectivity index (χ1) is 13.8. The fourth-order valence-corrected chi connectivity index (χ4v) is 3.62. The summed E-state index contributed by atoms with van der Waals surface area (Å²) in [4.78, 5) is 35.0. The number of rotatable bonds is 5. The summed E-state index contributed by atoms with van der Waals surface area (Å²) in [6.45, 7) is 0.233. The van der Waals surface area contributed by atoms with Crippen molar-refractivity contribution in [1.82, 2.24) is 10.6 Å². The van der Waals surface area contributed by atoms with Crippen molar-refractivity contribution in [3.8, 4) is 11.5 Å². The van der Waals surface area contributed by atoms with Crippen molar-refractivity contribution in [1.29, 1.82) is 0 Å². The number of amides is 4. The lowest BCUT2D eigenvalue weighted by molar-refractivity contribution is -0.123. The molecule has 1 heterocycles. The van der Waals surface area contributed by atoms with E-state index in [0.29, 0.717) is 30.7 Å². The number of methoxy groups -OCH3 is 1. The van der Waals surface area contributed by atoms with Crippen LogP contribution in [0.4, 0.5) is 4.79 Å². The smallest absolute Gasteiger partial charge is 0.328 e. The highest BCUT2D eigenvalue weighted by atomic mass is 127. The van der Waals surface area contributed by atoms with Crippen LogP contribution in [-0.4, -0.2) is 25.0 Å². The zero-order chi connectivity index (χ0) is 21.1. The van der Waals surface area contributed by atoms with Crippen LogP contribution in [0.15, 0.2) is 35.9 Å². The number of carbonyl (C=O) groups excluding carboxylic acids is 3. The van der Waals surface area contributed by atoms with E-state index in [0.717, 1.165) is 5.56 Å². The Hall–Kier alpha value is -2.30. The van der Waals surface area contributed by atoms with E-state index in [2.05, 4.69) is 22.6 Å². The second-order valence-corrected chi connectivity index (χ2v) is 7.84. The quantitative estimate of drug-likeness (QED) is 0.337. The van der Waals surface area contributed by atoms with Crippen molar-refractivity contribution in [2.75, 3.05) is 7.11 Å². The summed E-state index contributed by atoms with van der Waals surface area (Å²) in [7, 11) is 1.48. The number of urea groups is 1. The molecule has 0 aromatic heterocycles. The molecule has 1 aliphatic heterocycles. The van der Waals surface area contributed by atoms with Gasteiger partial charge in [0.25, 0.3) is 11.8 Å². The summed E-state index contributed by atoms with van der Waals surface area (Å²) < 4.78 is 12.0. The minimum absolute atomic E-state index is 0.188. The maximum atomic E-state index is 11.9. The molecule has 0 bridgehead atoms. The third-order valence-electron chi connectivity index (χ3n) is 3.87. The highest BCUT2D eigenvalue weighted by Gasteiger charge is 2.27. The van der Waals surface area contributed by atoms with Crippen LogP contribution in [0.25, 0.3) is 6.08 Å². The summed E-state index contributed by atoms with van der Waals surface area (Å²) in [5.41, 5.74) is 1.17. The number of carbonyl (C=O) groups is 3. The molecule has 29 heavy (non-hydrogen) atoms. The van der Waals surface area contributed by atoms with Gasteiger partial charge < -0.3 is 9.47 Å². The molecule has 0 radical (unpaired) electrons. The van der Waals surface area contributed by atoms with Crippen LogP contribution in [0.3, 0.4) is 0 Å². The molecule has 4 amide bonds. The van der Waals surface area contributed by atoms with Crippen LogP contribution in [0.1, 0.15) is 11.1 Å². The molecule has 0 saturated carbocycles. The van der Waals surface area contributed by atoms with E-state index in [1.165, 1.54) is 13.2 Å². The van der Waals surface area contributed by atoms with Gasteiger partial charge in [0.15, 0.2) is 11.5 Å². The van der Waals surface area contributed by atoms with Crippen molar-refractivity contribution >= 4 is 69.7 Å². The van der Waals surface area contributed by atoms with E-state index in [1.54, 1.807) is 30.3 Å². The van der Waals surface area contributed by atoms with Gasteiger partial charge in [-0.25, -0.2) is 4.79 Å². The normalized spacial score (nSPS) is 13.7. The Balaban J connectivity index is 1.86. The molecule has 0 unspecified atom stereocenters. The maximum absolute atomic E-state index is 11.9. The van der Waals surface area contributed by atoms with Crippen LogP contribution in [0.2, 0.25) is 10.0 Å². The Bertz CT molecular complexity index is 1030. The van der Waals surface area contributed by atoms with Crippen LogP contribution in [0, 0.1) is 3.57 Å². The fourth-order valence-electron chi connectivity index (χ4n) is 2.52. The summed E-state index contributed by atoms with van der Waals surface area (Å²) in [6, 6.07) is 7.69. The lowest BCUT2D eigenvalue weighted by Gasteiger charge is -2.16. The highest BCUT2D eigenvalue weighted by Crippen LogP contribution is 2.35. The predicted octanol–water partition coefficient (Wildman–Crippen LogP) is 3.94. The van der Waals surface area contributed by atoms with Gasteiger partial charge in [0.2, 0.25) is 0 Å². The monoisotopic (exact) mass is 546 g/mol. The number of benzene rings is 2. The van der Waals surface area contributed by atoms with Gasteiger partial charge in [0.1, 0.15) is 12.2 Å². The second-order valence-electron chi connectivity index (χ2n) is 5.87. The van der Waals surface area contributed by atoms with Crippen molar-refractivity contribution in [3.63, 3.8) is 0 Å². The first-order valence-electron chi connectivity index (χ1n) is 8.11. The van der Waals surface area contributed by atoms with Crippen molar-refractivity contribution in [2.45, 2.75) is 6.61 Å². The number of hydrogen-bond acceptors (Lipinski definition) is 5. The Morgan fingerprint density at radius 2 is 1.72 bits per heavy atom. The van der Waals surface area contributed by atoms with Crippen molar-refractivity contribution in [2.24, 2.45) is 0 Å². The average Bonchev–Trinajstić information content (AvgIpc) is 2.66. The van der Waals surface area contributed by atoms with Gasteiger partial charge in [-0.15, -0.1) is 0 Å². The SMILES string of the molecule is COc1cc(C=C2C(=O)NC(=O)NC2=O)cc(I)c1OCc1ccc(Cl)c(Cl)c1. The topological polar surface area (TPSA) is 93.7 Å². The van der Waals surface area contributed by atoms with Gasteiger partial charge in [-0.1, -0.05) is 29.3 Å². The molecule has 1 saturated heterocycles. The molecule has 3 rings (SSSR count). The lowest BCUT2D eigenvalue weighted by Crippen LogP contribution is -2.51. The molecule has 1 aliphatic rings. The van der Waals surface area contributed by atoms with Crippen LogP contribution < -0.4 is 20.1 Å². The van der Waals surface area contributed by atoms with Crippen LogP contribution in [-0.2, 0) is 16.2 Å². The Kier molecular flexibility index (Phi) is 6.66. The number of imide groups is 2. The largest absolute Gasteiger partial charge is 0.493 e. The molecule has 150 valence electrons. The molecule has 0 aliphatic carbocycles. The van der Waals surface area contributed by atoms with Crippen molar-refractivity contribution in [3.05, 3.63) is 60.6 Å². The van der Waals surface area contributed by atoms with Gasteiger partial charge >= 0.3 is 6.03 Å². The zero-order valence-electron chi connectivity index (χ0n) is 14.8. The molecular formula is C19H13Cl2IN2O5. The van der Waals surface area contributed by atoms with Crippen LogP contribution >= 0.6 is 45.8 Å². The molecule has 2 aromatic carbocycles. The first-order valence-corrected chi connectivity index (χ1v) is 9.94. The Morgan fingerprint density at radius 3 is 2.34 bits per heavy atom. The van der Waals surface area contributed by atoms with Gasteiger partial charge in [-0.05, 0) is 64.1 Å². The molecule has 2 N–H and O–H groups in total. The maximum Gasteiger partial charge on any atom is 0.328 e. The molecular weight excluding hydrogens is 534 g/mol. The fraction of sp³-hybridized carbons (Fsp3) is 0.105. The zero-order valence-corrected chi connectivity index (χ0v) is 18.5. The number of ether oxygens (including phenoxy) is 2. The summed E-state index contributed by atoms with van der Waals surface area (Å²) in [5, 5.41) is 4.94. The number of nitrogens with one attached hydrogen (secondary N) is 2. The predicted molar refractivity (Wildman–Crippen MR) is 116 cm³/mol. The highest BCUT2D eigenvalue weighted by molar-refractivity contribution is 14.1. The number of barbiturate groups is 1. The van der Waals surface area contributed by atoms with E-state index >= 15 is 0 Å². The minimum atomic E-state index is -0.852. The third-order valence-corrected chi connectivity index (χ3v) is 5.41. The van der Waals surface area contributed by atoms with E-state index in [1.807, 2.05) is 10.6 Å². The minimum Gasteiger partial charge on any atom is -0.493 e. The molecule has 0 spiro atoms. The molecule has 0 atom stereocenters. The van der Waals surface area contributed by atoms with Gasteiger partial charge in [0, 0.05) is 0 Å². The average molecular weight is 547 g/mol. The van der Waals surface area contributed by atoms with E-state index < -0.39 is 17.8 Å². The van der Waals surface area contributed by atoms with E-state index in [-0.39, 0.29) is 12.2 Å². The molecule has 2 aromatic rings. The summed E-state index contributed by atoms with van der Waals surface area (Å²) >= 11 is 14.0. The molecule has 1 fully saturated rings. The number of halogens is 3. The van der Waals surface area contributed by atoms with E-state index in [9.17, 15) is 14.4 Å². The third kappa shape index (κ3) is 5.01. The second kappa shape index (κ2) is 9.02. The van der Waals surface area contributed by atoms with Crippen LogP contribution in [0.5, 0.6) is 11.5 Å². The van der Waals surface area contributed by atoms with Gasteiger partial charge in [0.05, 0.1) is 20.7 Å². The van der Waals surface area contributed by atoms with Gasteiger partial charge in [-0.3, -0.25) is 20.2 Å². The standard InChI is InChI=1S/C19H13Cl2IN2O5/c1-28-15-7-10(4-11-17(25)23-19(27)24-18(11)26)6-14(22)16(15)29-8-9-2-3-12(20)13(21)5-9/h2-7H,8H2,1H3,(H2,23,24,25,26,27). The molecule has 10 heteroatoms. The number of hydrogen-bond donors (Lipinski definition) is 2. The molecule has 7 nitrogen and oxygen atoms in total. The van der Waals surface area contributed by atoms with Crippen molar-refractivity contribution < 1.29 is 23.9 Å². The Labute approximate surface area is 189 Å².